The Labute approximate surface area is 139 Å². The summed E-state index contributed by atoms with van der Waals surface area (Å²) in [6, 6.07) is 10.7. The van der Waals surface area contributed by atoms with Crippen molar-refractivity contribution in [2.45, 2.75) is 51.7 Å². The molecule has 0 aliphatic carbocycles. The summed E-state index contributed by atoms with van der Waals surface area (Å²) in [5, 5.41) is 0. The van der Waals surface area contributed by atoms with Crippen LogP contribution in [-0.2, 0) is 16.4 Å². The van der Waals surface area contributed by atoms with Crippen LogP contribution in [0.25, 0.3) is 0 Å². The predicted molar refractivity (Wildman–Crippen MR) is 95.1 cm³/mol. The quantitative estimate of drug-likeness (QED) is 0.810. The highest BCUT2D eigenvalue weighted by molar-refractivity contribution is 6.62. The molecule has 0 radical (unpaired) electrons. The van der Waals surface area contributed by atoms with Crippen molar-refractivity contribution < 1.29 is 9.31 Å². The molecule has 0 bridgehead atoms. The number of hydrogen-bond donors (Lipinski definition) is 0. The van der Waals surface area contributed by atoms with Crippen molar-refractivity contribution in [3.05, 3.63) is 53.9 Å². The molecule has 0 N–H and O–H groups in total. The van der Waals surface area contributed by atoms with Gasteiger partial charge >= 0.3 is 7.12 Å². The van der Waals surface area contributed by atoms with E-state index in [2.05, 4.69) is 89.0 Å². The number of rotatable bonds is 3. The minimum Gasteiger partial charge on any atom is -0.399 e. The maximum atomic E-state index is 6.17. The highest BCUT2D eigenvalue weighted by Crippen LogP contribution is 2.36. The highest BCUT2D eigenvalue weighted by atomic mass is 16.7. The van der Waals surface area contributed by atoms with E-state index >= 15 is 0 Å². The van der Waals surface area contributed by atoms with Crippen molar-refractivity contribution in [1.82, 2.24) is 4.57 Å². The predicted octanol–water partition coefficient (Wildman–Crippen LogP) is 3.48. The zero-order valence-electron chi connectivity index (χ0n) is 15.0. The second-order valence-corrected chi connectivity index (χ2v) is 7.59. The van der Waals surface area contributed by atoms with E-state index in [1.54, 1.807) is 0 Å². The molecule has 23 heavy (non-hydrogen) atoms. The lowest BCUT2D eigenvalue weighted by Crippen LogP contribution is -2.41. The molecule has 3 nitrogen and oxygen atoms in total. The van der Waals surface area contributed by atoms with Gasteiger partial charge in [-0.05, 0) is 50.4 Å². The van der Waals surface area contributed by atoms with Gasteiger partial charge in [0.1, 0.15) is 0 Å². The van der Waals surface area contributed by atoms with Gasteiger partial charge in [0, 0.05) is 25.4 Å². The SMILES string of the molecule is CC(c1cccc(B2OC(C)(C)C(C)(C)O2)c1)c1ccn(C)c1. The normalized spacial score (nSPS) is 20.7. The molecule has 1 aliphatic rings. The maximum Gasteiger partial charge on any atom is 0.494 e. The van der Waals surface area contributed by atoms with Crippen molar-refractivity contribution in [3.63, 3.8) is 0 Å². The summed E-state index contributed by atoms with van der Waals surface area (Å²) in [7, 11) is 1.75. The molecule has 1 saturated heterocycles. The first-order valence-corrected chi connectivity index (χ1v) is 8.27. The minimum absolute atomic E-state index is 0.303. The molecular formula is C19H26BNO2. The van der Waals surface area contributed by atoms with Crippen LogP contribution in [0.2, 0.25) is 0 Å². The van der Waals surface area contributed by atoms with Gasteiger partial charge in [0.2, 0.25) is 0 Å². The Morgan fingerprint density at radius 1 is 1.00 bits per heavy atom. The molecule has 122 valence electrons. The monoisotopic (exact) mass is 311 g/mol. The molecule has 3 rings (SSSR count). The first-order chi connectivity index (χ1) is 10.7. The van der Waals surface area contributed by atoms with Gasteiger partial charge in [-0.1, -0.05) is 31.2 Å². The Bertz CT molecular complexity index is 689. The average molecular weight is 311 g/mol. The zero-order chi connectivity index (χ0) is 16.8. The third kappa shape index (κ3) is 2.98. The minimum atomic E-state index is -0.307. The van der Waals surface area contributed by atoms with Crippen LogP contribution in [0.15, 0.2) is 42.7 Å². The molecule has 1 aromatic heterocycles. The van der Waals surface area contributed by atoms with Crippen LogP contribution >= 0.6 is 0 Å². The van der Waals surface area contributed by atoms with Gasteiger partial charge in [-0.15, -0.1) is 0 Å². The van der Waals surface area contributed by atoms with Crippen LogP contribution in [0.5, 0.6) is 0 Å². The lowest BCUT2D eigenvalue weighted by molar-refractivity contribution is 0.00578. The molecule has 2 heterocycles. The molecular weight excluding hydrogens is 285 g/mol. The molecule has 2 aromatic rings. The first-order valence-electron chi connectivity index (χ1n) is 8.27. The van der Waals surface area contributed by atoms with Gasteiger partial charge in [-0.3, -0.25) is 0 Å². The van der Waals surface area contributed by atoms with Gasteiger partial charge in [-0.25, -0.2) is 0 Å². The Morgan fingerprint density at radius 2 is 1.65 bits per heavy atom. The average Bonchev–Trinajstić information content (AvgIpc) is 3.00. The van der Waals surface area contributed by atoms with E-state index in [1.165, 1.54) is 11.1 Å². The van der Waals surface area contributed by atoms with E-state index in [0.717, 1.165) is 5.46 Å². The summed E-state index contributed by atoms with van der Waals surface area (Å²) in [6.07, 6.45) is 4.26. The molecule has 1 unspecified atom stereocenters. The van der Waals surface area contributed by atoms with Crippen molar-refractivity contribution in [1.29, 1.82) is 0 Å². The third-order valence-electron chi connectivity index (χ3n) is 5.29. The maximum absolute atomic E-state index is 6.17. The van der Waals surface area contributed by atoms with Gasteiger partial charge in [0.25, 0.3) is 0 Å². The van der Waals surface area contributed by atoms with E-state index in [1.807, 2.05) is 0 Å². The number of benzene rings is 1. The van der Waals surface area contributed by atoms with Crippen molar-refractivity contribution >= 4 is 12.6 Å². The number of aryl methyl sites for hydroxylation is 1. The van der Waals surface area contributed by atoms with E-state index in [0.29, 0.717) is 5.92 Å². The standard InChI is InChI=1S/C19H26BNO2/c1-14(16-10-11-21(6)13-16)15-8-7-9-17(12-15)20-22-18(2,3)19(4,5)23-20/h7-14H,1-6H3. The fraction of sp³-hybridized carbons (Fsp3) is 0.474. The summed E-state index contributed by atoms with van der Waals surface area (Å²) in [5.74, 6) is 0.346. The first kappa shape index (κ1) is 16.3. The molecule has 1 fully saturated rings. The second kappa shape index (κ2) is 5.54. The lowest BCUT2D eigenvalue weighted by atomic mass is 9.77. The number of hydrogen-bond acceptors (Lipinski definition) is 2. The smallest absolute Gasteiger partial charge is 0.399 e. The van der Waals surface area contributed by atoms with Crippen LogP contribution in [0.1, 0.15) is 51.7 Å². The molecule has 0 saturated carbocycles. The van der Waals surface area contributed by atoms with Crippen LogP contribution in [-0.4, -0.2) is 22.9 Å². The molecule has 4 heteroatoms. The fourth-order valence-corrected chi connectivity index (χ4v) is 2.93. The largest absolute Gasteiger partial charge is 0.494 e. The van der Waals surface area contributed by atoms with Crippen molar-refractivity contribution in [2.24, 2.45) is 7.05 Å². The molecule has 1 aromatic carbocycles. The molecule has 0 amide bonds. The van der Waals surface area contributed by atoms with E-state index < -0.39 is 0 Å². The van der Waals surface area contributed by atoms with E-state index in [4.69, 9.17) is 9.31 Å². The van der Waals surface area contributed by atoms with Crippen molar-refractivity contribution in [3.8, 4) is 0 Å². The highest BCUT2D eigenvalue weighted by Gasteiger charge is 2.51. The van der Waals surface area contributed by atoms with Crippen LogP contribution in [0, 0.1) is 0 Å². The topological polar surface area (TPSA) is 23.4 Å². The van der Waals surface area contributed by atoms with E-state index in [9.17, 15) is 0 Å². The van der Waals surface area contributed by atoms with Gasteiger partial charge < -0.3 is 13.9 Å². The summed E-state index contributed by atoms with van der Waals surface area (Å²) < 4.78 is 14.4. The van der Waals surface area contributed by atoms with Crippen molar-refractivity contribution in [2.75, 3.05) is 0 Å². The van der Waals surface area contributed by atoms with Crippen LogP contribution in [0.3, 0.4) is 0 Å². The molecule has 1 aliphatic heterocycles. The Hall–Kier alpha value is -1.52. The van der Waals surface area contributed by atoms with Gasteiger partial charge in [-0.2, -0.15) is 0 Å². The fourth-order valence-electron chi connectivity index (χ4n) is 2.93. The summed E-state index contributed by atoms with van der Waals surface area (Å²) in [5.41, 5.74) is 3.07. The Balaban J connectivity index is 1.86. The van der Waals surface area contributed by atoms with Gasteiger partial charge in [0.05, 0.1) is 11.2 Å². The van der Waals surface area contributed by atoms with E-state index in [-0.39, 0.29) is 18.3 Å². The zero-order valence-corrected chi connectivity index (χ0v) is 15.0. The number of aromatic nitrogens is 1. The van der Waals surface area contributed by atoms with Crippen LogP contribution < -0.4 is 5.46 Å². The van der Waals surface area contributed by atoms with Gasteiger partial charge in [0.15, 0.2) is 0 Å². The Kier molecular flexibility index (Phi) is 3.93. The summed E-state index contributed by atoms with van der Waals surface area (Å²) >= 11 is 0. The second-order valence-electron chi connectivity index (χ2n) is 7.59. The third-order valence-corrected chi connectivity index (χ3v) is 5.29. The number of nitrogens with zero attached hydrogens (tertiary/aromatic N) is 1. The molecule has 1 atom stereocenters. The Morgan fingerprint density at radius 3 is 2.22 bits per heavy atom. The molecule has 0 spiro atoms. The summed E-state index contributed by atoms with van der Waals surface area (Å²) in [4.78, 5) is 0. The summed E-state index contributed by atoms with van der Waals surface area (Å²) in [6.45, 7) is 10.6. The lowest BCUT2D eigenvalue weighted by Gasteiger charge is -2.32. The van der Waals surface area contributed by atoms with Crippen LogP contribution in [0.4, 0.5) is 0 Å².